The summed E-state index contributed by atoms with van der Waals surface area (Å²) in [6, 6.07) is 1.43. The third-order valence-corrected chi connectivity index (χ3v) is 1.86. The molecule has 0 atom stereocenters. The Morgan fingerprint density at radius 1 is 1.57 bits per heavy atom. The second-order valence-electron chi connectivity index (χ2n) is 2.60. The molecule has 0 saturated carbocycles. The molecule has 0 aromatic carbocycles. The van der Waals surface area contributed by atoms with Crippen LogP contribution in [0.15, 0.2) is 12.3 Å². The van der Waals surface area contributed by atoms with Crippen LogP contribution in [-0.2, 0) is 0 Å². The summed E-state index contributed by atoms with van der Waals surface area (Å²) >= 11 is 5.62. The Hall–Kier alpha value is -1.82. The Balaban J connectivity index is 2.76. The third kappa shape index (κ3) is 1.25. The van der Waals surface area contributed by atoms with Crippen molar-refractivity contribution >= 4 is 29.2 Å². The predicted molar refractivity (Wildman–Crippen MR) is 49.4 cm³/mol. The lowest BCUT2D eigenvalue weighted by molar-refractivity contribution is 0.0691. The van der Waals surface area contributed by atoms with Crippen LogP contribution in [0.3, 0.4) is 0 Å². The molecule has 0 aliphatic heterocycles. The highest BCUT2D eigenvalue weighted by Crippen LogP contribution is 2.14. The summed E-state index contributed by atoms with van der Waals surface area (Å²) in [5, 5.41) is 8.85. The van der Waals surface area contributed by atoms with E-state index in [2.05, 4.69) is 9.97 Å². The van der Waals surface area contributed by atoms with Crippen LogP contribution in [-0.4, -0.2) is 25.4 Å². The molecule has 0 radical (unpaired) electrons. The second kappa shape index (κ2) is 2.85. The highest BCUT2D eigenvalue weighted by molar-refractivity contribution is 6.29. The number of nitrogens with two attached hydrogens (primary N) is 1. The normalized spacial score (nSPS) is 10.6. The minimum atomic E-state index is -1.12. The van der Waals surface area contributed by atoms with Gasteiger partial charge in [-0.3, -0.25) is 4.40 Å². The van der Waals surface area contributed by atoms with Gasteiger partial charge in [-0.1, -0.05) is 11.6 Å². The summed E-state index contributed by atoms with van der Waals surface area (Å²) in [6.07, 6.45) is 1.29. The smallest absolute Gasteiger partial charge is 0.356 e. The van der Waals surface area contributed by atoms with E-state index in [1.807, 2.05) is 0 Å². The molecule has 0 bridgehead atoms. The van der Waals surface area contributed by atoms with Crippen molar-refractivity contribution in [3.8, 4) is 0 Å². The molecule has 2 rings (SSSR count). The molecule has 2 aromatic rings. The number of carboxylic acids is 1. The molecule has 0 fully saturated rings. The quantitative estimate of drug-likeness (QED) is 0.678. The van der Waals surface area contributed by atoms with E-state index in [1.165, 1.54) is 16.7 Å². The lowest BCUT2D eigenvalue weighted by atomic mass is 10.5. The number of nitrogens with zero attached hydrogens (tertiary/aromatic N) is 3. The first kappa shape index (κ1) is 8.76. The zero-order valence-corrected chi connectivity index (χ0v) is 7.56. The number of carboxylic acid groups (broad SMARTS) is 1. The molecule has 2 heterocycles. The average Bonchev–Trinajstić information content (AvgIpc) is 2.47. The van der Waals surface area contributed by atoms with E-state index in [9.17, 15) is 4.79 Å². The first-order chi connectivity index (χ1) is 6.58. The minimum absolute atomic E-state index is 0.0965. The van der Waals surface area contributed by atoms with Gasteiger partial charge in [0.2, 0.25) is 5.95 Å². The van der Waals surface area contributed by atoms with Gasteiger partial charge in [-0.25, -0.2) is 14.8 Å². The summed E-state index contributed by atoms with van der Waals surface area (Å²) in [4.78, 5) is 18.1. The van der Waals surface area contributed by atoms with Gasteiger partial charge in [0.25, 0.3) is 0 Å². The van der Waals surface area contributed by atoms with E-state index >= 15 is 0 Å². The van der Waals surface area contributed by atoms with E-state index < -0.39 is 5.97 Å². The van der Waals surface area contributed by atoms with Gasteiger partial charge >= 0.3 is 5.97 Å². The molecule has 0 amide bonds. The molecule has 0 spiro atoms. The zero-order chi connectivity index (χ0) is 10.3. The minimum Gasteiger partial charge on any atom is -0.476 e. The Kier molecular flexibility index (Phi) is 1.78. The highest BCUT2D eigenvalue weighted by atomic mass is 35.5. The van der Waals surface area contributed by atoms with E-state index in [0.29, 0.717) is 5.65 Å². The summed E-state index contributed by atoms with van der Waals surface area (Å²) in [7, 11) is 0. The van der Waals surface area contributed by atoms with E-state index in [-0.39, 0.29) is 16.8 Å². The first-order valence-electron chi connectivity index (χ1n) is 3.62. The van der Waals surface area contributed by atoms with Crippen molar-refractivity contribution in [1.82, 2.24) is 14.4 Å². The molecule has 0 unspecified atom stereocenters. The molecule has 14 heavy (non-hydrogen) atoms. The van der Waals surface area contributed by atoms with Crippen molar-refractivity contribution in [1.29, 1.82) is 0 Å². The number of hydrogen-bond donors (Lipinski definition) is 2. The van der Waals surface area contributed by atoms with Crippen molar-refractivity contribution in [3.05, 3.63) is 23.1 Å². The predicted octanol–water partition coefficient (Wildman–Crippen LogP) is 0.663. The van der Waals surface area contributed by atoms with Crippen LogP contribution in [0, 0.1) is 0 Å². The average molecular weight is 213 g/mol. The number of halogens is 1. The number of rotatable bonds is 1. The molecule has 72 valence electrons. The second-order valence-corrected chi connectivity index (χ2v) is 2.98. The van der Waals surface area contributed by atoms with Crippen molar-refractivity contribution < 1.29 is 9.90 Å². The molecule has 0 aliphatic rings. The number of anilines is 1. The van der Waals surface area contributed by atoms with Crippen LogP contribution in [0.1, 0.15) is 10.5 Å². The summed E-state index contributed by atoms with van der Waals surface area (Å²) in [6.45, 7) is 0. The van der Waals surface area contributed by atoms with Crippen LogP contribution in [0.2, 0.25) is 5.15 Å². The monoisotopic (exact) mass is 212 g/mol. The Morgan fingerprint density at radius 2 is 2.29 bits per heavy atom. The molecule has 2 aromatic heterocycles. The van der Waals surface area contributed by atoms with Gasteiger partial charge in [0.05, 0.1) is 0 Å². The van der Waals surface area contributed by atoms with Crippen molar-refractivity contribution in [2.75, 3.05) is 5.73 Å². The lowest BCUT2D eigenvalue weighted by Crippen LogP contribution is -1.99. The van der Waals surface area contributed by atoms with E-state index in [1.54, 1.807) is 0 Å². The highest BCUT2D eigenvalue weighted by Gasteiger charge is 2.10. The maximum atomic E-state index is 10.6. The first-order valence-corrected chi connectivity index (χ1v) is 4.00. The van der Waals surface area contributed by atoms with Gasteiger partial charge in [0.15, 0.2) is 5.69 Å². The van der Waals surface area contributed by atoms with Crippen LogP contribution in [0.5, 0.6) is 0 Å². The Morgan fingerprint density at radius 3 is 2.93 bits per heavy atom. The molecule has 6 nitrogen and oxygen atoms in total. The maximum absolute atomic E-state index is 10.6. The lowest BCUT2D eigenvalue weighted by Gasteiger charge is -1.97. The van der Waals surface area contributed by atoms with Crippen LogP contribution in [0.25, 0.3) is 5.65 Å². The van der Waals surface area contributed by atoms with Gasteiger partial charge in [-0.05, 0) is 0 Å². The van der Waals surface area contributed by atoms with Crippen molar-refractivity contribution in [3.63, 3.8) is 0 Å². The molecule has 7 heteroatoms. The Bertz CT molecular complexity index is 522. The summed E-state index contributed by atoms with van der Waals surface area (Å²) < 4.78 is 1.36. The number of aromatic nitrogens is 3. The number of aromatic carboxylic acids is 1. The fourth-order valence-electron chi connectivity index (χ4n) is 1.09. The standard InChI is InChI=1S/C7H5ClN4O2/c8-4-1-5-10-3(6(13)14)2-12(5)7(9)11-4/h1-2H,(H2,9,11)(H,13,14). The molecule has 0 aliphatic carbocycles. The number of imidazole rings is 1. The fraction of sp³-hybridized carbons (Fsp3) is 0. The van der Waals surface area contributed by atoms with Crippen LogP contribution < -0.4 is 5.73 Å². The summed E-state index contributed by atoms with van der Waals surface area (Å²) in [5.41, 5.74) is 5.77. The number of carbonyl (C=O) groups is 1. The number of hydrogen-bond acceptors (Lipinski definition) is 4. The fourth-order valence-corrected chi connectivity index (χ4v) is 1.27. The molecule has 3 N–H and O–H groups in total. The van der Waals surface area contributed by atoms with Crippen molar-refractivity contribution in [2.45, 2.75) is 0 Å². The van der Waals surface area contributed by atoms with Gasteiger partial charge < -0.3 is 10.8 Å². The van der Waals surface area contributed by atoms with Gasteiger partial charge in [-0.2, -0.15) is 0 Å². The number of nitrogen functional groups attached to an aromatic ring is 1. The van der Waals surface area contributed by atoms with E-state index in [0.717, 1.165) is 0 Å². The van der Waals surface area contributed by atoms with Crippen LogP contribution >= 0.6 is 11.6 Å². The van der Waals surface area contributed by atoms with Gasteiger partial charge in [0, 0.05) is 12.3 Å². The third-order valence-electron chi connectivity index (χ3n) is 1.67. The SMILES string of the molecule is Nc1nc(Cl)cc2nc(C(=O)O)cn12. The van der Waals surface area contributed by atoms with Gasteiger partial charge in [0.1, 0.15) is 10.8 Å². The molecular formula is C7H5ClN4O2. The van der Waals surface area contributed by atoms with E-state index in [4.69, 9.17) is 22.4 Å². The van der Waals surface area contributed by atoms with Crippen LogP contribution in [0.4, 0.5) is 5.95 Å². The molecule has 0 saturated heterocycles. The van der Waals surface area contributed by atoms with Crippen molar-refractivity contribution in [2.24, 2.45) is 0 Å². The largest absolute Gasteiger partial charge is 0.476 e. The molecular weight excluding hydrogens is 208 g/mol. The topological polar surface area (TPSA) is 93.5 Å². The van der Waals surface area contributed by atoms with Gasteiger partial charge in [-0.15, -0.1) is 0 Å². The zero-order valence-electron chi connectivity index (χ0n) is 6.81. The number of fused-ring (bicyclic) bond motifs is 1. The summed E-state index contributed by atoms with van der Waals surface area (Å²) in [5.74, 6) is -1.02. The Labute approximate surface area is 83.0 Å². The maximum Gasteiger partial charge on any atom is 0.356 e.